The summed E-state index contributed by atoms with van der Waals surface area (Å²) >= 11 is 1.31. The fourth-order valence-electron chi connectivity index (χ4n) is 3.71. The standard InChI is InChI=1S/C24H26N4O4S2/c1-32-20-12-10-19(16-21(20)34(30,31)28-14-6-3-7-15-28)11-13-22(29)25-24-27-26-23(33-24)17-18-8-4-2-5-9-18/h2,4-5,8-13,16H,3,6-7,14-15,17H2,1H3,(H,25,27,29). The summed E-state index contributed by atoms with van der Waals surface area (Å²) in [6, 6.07) is 14.8. The predicted molar refractivity (Wildman–Crippen MR) is 132 cm³/mol. The largest absolute Gasteiger partial charge is 0.495 e. The average molecular weight is 499 g/mol. The monoisotopic (exact) mass is 498 g/mol. The Labute approximate surface area is 203 Å². The number of nitrogens with one attached hydrogen (secondary N) is 1. The lowest BCUT2D eigenvalue weighted by Crippen LogP contribution is -2.35. The summed E-state index contributed by atoms with van der Waals surface area (Å²) in [5, 5.41) is 12.1. The van der Waals surface area contributed by atoms with Crippen molar-refractivity contribution in [3.63, 3.8) is 0 Å². The maximum atomic E-state index is 13.2. The molecule has 178 valence electrons. The van der Waals surface area contributed by atoms with Gasteiger partial charge in [-0.15, -0.1) is 10.2 Å². The SMILES string of the molecule is COc1ccc(C=CC(=O)Nc2nnc(Cc3ccccc3)s2)cc1S(=O)(=O)N1CCCCC1. The molecule has 1 aromatic heterocycles. The van der Waals surface area contributed by atoms with Gasteiger partial charge in [0.25, 0.3) is 0 Å². The molecule has 1 aliphatic rings. The summed E-state index contributed by atoms with van der Waals surface area (Å²) in [5.74, 6) is -0.0920. The minimum atomic E-state index is -3.68. The van der Waals surface area contributed by atoms with E-state index in [0.29, 0.717) is 30.2 Å². The lowest BCUT2D eigenvalue weighted by molar-refractivity contribution is -0.111. The van der Waals surface area contributed by atoms with Gasteiger partial charge < -0.3 is 4.74 Å². The maximum absolute atomic E-state index is 13.2. The van der Waals surface area contributed by atoms with E-state index in [9.17, 15) is 13.2 Å². The molecule has 1 N–H and O–H groups in total. The van der Waals surface area contributed by atoms with Gasteiger partial charge in [-0.1, -0.05) is 54.2 Å². The number of hydrogen-bond donors (Lipinski definition) is 1. The predicted octanol–water partition coefficient (Wildman–Crippen LogP) is 3.96. The quantitative estimate of drug-likeness (QED) is 0.472. The van der Waals surface area contributed by atoms with Crippen LogP contribution in [0.5, 0.6) is 5.75 Å². The van der Waals surface area contributed by atoms with E-state index in [4.69, 9.17) is 4.74 Å². The zero-order chi connectivity index (χ0) is 24.0. The van der Waals surface area contributed by atoms with Crippen LogP contribution < -0.4 is 10.1 Å². The molecule has 10 heteroatoms. The first-order valence-electron chi connectivity index (χ1n) is 11.0. The first kappa shape index (κ1) is 24.1. The zero-order valence-corrected chi connectivity index (χ0v) is 20.4. The second kappa shape index (κ2) is 10.9. The van der Waals surface area contributed by atoms with Gasteiger partial charge in [0, 0.05) is 25.6 Å². The summed E-state index contributed by atoms with van der Waals surface area (Å²) in [6.45, 7) is 1.00. The molecule has 2 heterocycles. The molecule has 2 aromatic carbocycles. The number of aromatic nitrogens is 2. The van der Waals surface area contributed by atoms with Crippen LogP contribution in [-0.4, -0.2) is 49.0 Å². The number of carbonyl (C=O) groups is 1. The van der Waals surface area contributed by atoms with Gasteiger partial charge in [-0.2, -0.15) is 4.31 Å². The van der Waals surface area contributed by atoms with E-state index in [2.05, 4.69) is 15.5 Å². The highest BCUT2D eigenvalue weighted by molar-refractivity contribution is 7.89. The van der Waals surface area contributed by atoms with Crippen molar-refractivity contribution in [1.82, 2.24) is 14.5 Å². The fraction of sp³-hybridized carbons (Fsp3) is 0.292. The topological polar surface area (TPSA) is 101 Å². The molecule has 0 saturated carbocycles. The van der Waals surface area contributed by atoms with Crippen LogP contribution in [0.4, 0.5) is 5.13 Å². The lowest BCUT2D eigenvalue weighted by Gasteiger charge is -2.26. The van der Waals surface area contributed by atoms with E-state index >= 15 is 0 Å². The normalized spacial score (nSPS) is 14.9. The second-order valence-electron chi connectivity index (χ2n) is 7.86. The average Bonchev–Trinajstić information content (AvgIpc) is 3.30. The number of hydrogen-bond acceptors (Lipinski definition) is 7. The number of rotatable bonds is 8. The summed E-state index contributed by atoms with van der Waals surface area (Å²) in [4.78, 5) is 12.5. The Morgan fingerprint density at radius 2 is 1.88 bits per heavy atom. The Morgan fingerprint density at radius 1 is 1.12 bits per heavy atom. The molecule has 0 unspecified atom stereocenters. The van der Waals surface area contributed by atoms with Crippen molar-refractivity contribution in [1.29, 1.82) is 0 Å². The number of benzene rings is 2. The first-order chi connectivity index (χ1) is 16.5. The van der Waals surface area contributed by atoms with Gasteiger partial charge in [0.2, 0.25) is 21.1 Å². The second-order valence-corrected chi connectivity index (χ2v) is 10.8. The number of sulfonamides is 1. The highest BCUT2D eigenvalue weighted by Gasteiger charge is 2.29. The Balaban J connectivity index is 1.44. The van der Waals surface area contributed by atoms with E-state index in [1.807, 2.05) is 30.3 Å². The third-order valence-electron chi connectivity index (χ3n) is 5.44. The van der Waals surface area contributed by atoms with Crippen LogP contribution in [0.25, 0.3) is 6.08 Å². The number of methoxy groups -OCH3 is 1. The van der Waals surface area contributed by atoms with Crippen molar-refractivity contribution in [2.24, 2.45) is 0 Å². The van der Waals surface area contributed by atoms with Gasteiger partial charge in [0.15, 0.2) is 0 Å². The van der Waals surface area contributed by atoms with Crippen molar-refractivity contribution >= 4 is 38.5 Å². The fourth-order valence-corrected chi connectivity index (χ4v) is 6.19. The first-order valence-corrected chi connectivity index (χ1v) is 13.2. The molecule has 1 amide bonds. The van der Waals surface area contributed by atoms with E-state index in [1.54, 1.807) is 18.2 Å². The van der Waals surface area contributed by atoms with Crippen molar-refractivity contribution in [3.8, 4) is 5.75 Å². The third kappa shape index (κ3) is 5.88. The third-order valence-corrected chi connectivity index (χ3v) is 8.20. The molecule has 3 aromatic rings. The number of nitrogens with zero attached hydrogens (tertiary/aromatic N) is 3. The van der Waals surface area contributed by atoms with Gasteiger partial charge in [-0.05, 0) is 42.2 Å². The van der Waals surface area contributed by atoms with Crippen molar-refractivity contribution < 1.29 is 17.9 Å². The van der Waals surface area contributed by atoms with Crippen molar-refractivity contribution in [2.75, 3.05) is 25.5 Å². The number of amides is 1. The lowest BCUT2D eigenvalue weighted by atomic mass is 10.2. The van der Waals surface area contributed by atoms with Crippen LogP contribution in [0, 0.1) is 0 Å². The summed E-state index contributed by atoms with van der Waals surface area (Å²) in [5.41, 5.74) is 1.69. The highest BCUT2D eigenvalue weighted by atomic mass is 32.2. The Bertz CT molecular complexity index is 1270. The Hall–Kier alpha value is -3.08. The van der Waals surface area contributed by atoms with Crippen LogP contribution in [0.1, 0.15) is 35.4 Å². The Kier molecular flexibility index (Phi) is 7.71. The van der Waals surface area contributed by atoms with E-state index in [0.717, 1.165) is 29.8 Å². The van der Waals surface area contributed by atoms with Crippen LogP contribution >= 0.6 is 11.3 Å². The molecule has 34 heavy (non-hydrogen) atoms. The summed E-state index contributed by atoms with van der Waals surface area (Å²) < 4.78 is 33.1. The smallest absolute Gasteiger partial charge is 0.250 e. The minimum Gasteiger partial charge on any atom is -0.495 e. The van der Waals surface area contributed by atoms with E-state index in [1.165, 1.54) is 34.9 Å². The number of anilines is 1. The molecule has 1 aliphatic heterocycles. The van der Waals surface area contributed by atoms with Gasteiger partial charge in [-0.3, -0.25) is 10.1 Å². The molecule has 1 saturated heterocycles. The highest BCUT2D eigenvalue weighted by Crippen LogP contribution is 2.30. The molecular formula is C24H26N4O4S2. The molecule has 8 nitrogen and oxygen atoms in total. The maximum Gasteiger partial charge on any atom is 0.250 e. The molecule has 0 radical (unpaired) electrons. The van der Waals surface area contributed by atoms with Gasteiger partial charge in [-0.25, -0.2) is 8.42 Å². The zero-order valence-electron chi connectivity index (χ0n) is 18.8. The molecular weight excluding hydrogens is 472 g/mol. The molecule has 0 atom stereocenters. The van der Waals surface area contributed by atoms with E-state index in [-0.39, 0.29) is 16.6 Å². The molecule has 4 rings (SSSR count). The number of carbonyl (C=O) groups excluding carboxylic acids is 1. The van der Waals surface area contributed by atoms with Gasteiger partial charge >= 0.3 is 0 Å². The molecule has 0 spiro atoms. The van der Waals surface area contributed by atoms with Crippen LogP contribution in [0.2, 0.25) is 0 Å². The van der Waals surface area contributed by atoms with Crippen LogP contribution in [0.3, 0.4) is 0 Å². The Morgan fingerprint density at radius 3 is 2.62 bits per heavy atom. The molecule has 0 bridgehead atoms. The van der Waals surface area contributed by atoms with Crippen molar-refractivity contribution in [3.05, 3.63) is 70.7 Å². The van der Waals surface area contributed by atoms with Gasteiger partial charge in [0.1, 0.15) is 15.7 Å². The summed E-state index contributed by atoms with van der Waals surface area (Å²) in [6.07, 6.45) is 6.28. The number of piperidine rings is 1. The summed E-state index contributed by atoms with van der Waals surface area (Å²) in [7, 11) is -2.23. The molecule has 0 aliphatic carbocycles. The van der Waals surface area contributed by atoms with Crippen LogP contribution in [-0.2, 0) is 21.2 Å². The van der Waals surface area contributed by atoms with E-state index < -0.39 is 10.0 Å². The van der Waals surface area contributed by atoms with Crippen molar-refractivity contribution in [2.45, 2.75) is 30.6 Å². The van der Waals surface area contributed by atoms with Gasteiger partial charge in [0.05, 0.1) is 7.11 Å². The van der Waals surface area contributed by atoms with Crippen LogP contribution in [0.15, 0.2) is 59.5 Å². The minimum absolute atomic E-state index is 0.106. The molecule has 1 fully saturated rings. The number of ether oxygens (including phenoxy) is 1.